The normalized spacial score (nSPS) is 14.2. The third kappa shape index (κ3) is 7.08. The fourth-order valence-electron chi connectivity index (χ4n) is 4.11. The van der Waals surface area contributed by atoms with E-state index in [1.165, 1.54) is 0 Å². The molecule has 0 aliphatic carbocycles. The number of carbonyl (C=O) groups is 1. The van der Waals surface area contributed by atoms with Gasteiger partial charge in [0.2, 0.25) is 0 Å². The number of ether oxygens (including phenoxy) is 3. The Morgan fingerprint density at radius 3 is 2.00 bits per heavy atom. The van der Waals surface area contributed by atoms with Crippen molar-refractivity contribution >= 4 is 27.7 Å². The maximum atomic E-state index is 12.9. The van der Waals surface area contributed by atoms with Crippen LogP contribution in [0.1, 0.15) is 40.2 Å². The highest BCUT2D eigenvalue weighted by atomic mass is 32.3. The van der Waals surface area contributed by atoms with Gasteiger partial charge in [-0.2, -0.15) is 0 Å². The van der Waals surface area contributed by atoms with Gasteiger partial charge in [-0.05, 0) is 68.3 Å². The van der Waals surface area contributed by atoms with Crippen LogP contribution < -0.4 is 14.4 Å². The zero-order chi connectivity index (χ0) is 28.2. The molecule has 7 heteroatoms. The molecule has 0 N–H and O–H groups in total. The first-order valence-electron chi connectivity index (χ1n) is 13.4. The minimum Gasteiger partial charge on any atom is -0.492 e. The molecule has 0 spiro atoms. The second kappa shape index (κ2) is 11.9. The molecule has 1 aliphatic heterocycles. The average molecular weight is 552 g/mol. The zero-order valence-electron chi connectivity index (χ0n) is 24.1. The molecule has 3 aromatic rings. The van der Waals surface area contributed by atoms with Crippen molar-refractivity contribution in [2.24, 2.45) is 0 Å². The van der Waals surface area contributed by atoms with Crippen molar-refractivity contribution in [3.63, 3.8) is 0 Å². The van der Waals surface area contributed by atoms with Crippen molar-refractivity contribution in [2.45, 2.75) is 58.0 Å². The molecule has 0 fully saturated rings. The van der Waals surface area contributed by atoms with Gasteiger partial charge < -0.3 is 23.3 Å². The van der Waals surface area contributed by atoms with Gasteiger partial charge in [0.15, 0.2) is 17.6 Å². The quantitative estimate of drug-likeness (QED) is 0.241. The Morgan fingerprint density at radius 2 is 1.46 bits per heavy atom. The summed E-state index contributed by atoms with van der Waals surface area (Å²) in [6.45, 7) is 11.3. The molecule has 1 aliphatic rings. The largest absolute Gasteiger partial charge is 0.492 e. The summed E-state index contributed by atoms with van der Waals surface area (Å²) in [7, 11) is -1.51. The van der Waals surface area contributed by atoms with E-state index < -0.39 is 16.4 Å². The number of rotatable bonds is 10. The monoisotopic (exact) mass is 551 g/mol. The Hall–Kier alpha value is -3.16. The summed E-state index contributed by atoms with van der Waals surface area (Å²) < 4.78 is 24.1. The van der Waals surface area contributed by atoms with Gasteiger partial charge in [0, 0.05) is 11.2 Å². The topological polar surface area (TPSA) is 57.2 Å². The van der Waals surface area contributed by atoms with Crippen molar-refractivity contribution in [3.05, 3.63) is 78.4 Å². The summed E-state index contributed by atoms with van der Waals surface area (Å²) in [5.74, 6) is 2.13. The van der Waals surface area contributed by atoms with Crippen LogP contribution in [0.15, 0.2) is 72.8 Å². The maximum Gasteiger partial charge on any atom is 0.337 e. The van der Waals surface area contributed by atoms with Gasteiger partial charge in [0.05, 0.1) is 24.0 Å². The van der Waals surface area contributed by atoms with Crippen LogP contribution in [0.2, 0.25) is 0 Å². The molecule has 6 nitrogen and oxygen atoms in total. The van der Waals surface area contributed by atoms with Crippen LogP contribution >= 0.6 is 10.3 Å². The Labute approximate surface area is 234 Å². The van der Waals surface area contributed by atoms with Crippen molar-refractivity contribution in [1.82, 2.24) is 0 Å². The predicted octanol–water partition coefficient (Wildman–Crippen LogP) is 7.67. The number of anilines is 2. The minimum atomic E-state index is -1.51. The van der Waals surface area contributed by atoms with Crippen molar-refractivity contribution in [3.8, 4) is 17.2 Å². The zero-order valence-corrected chi connectivity index (χ0v) is 24.9. The van der Waals surface area contributed by atoms with E-state index in [-0.39, 0.29) is 16.8 Å². The lowest BCUT2D eigenvalue weighted by Gasteiger charge is -2.45. The van der Waals surface area contributed by atoms with Gasteiger partial charge in [-0.3, -0.25) is 0 Å². The summed E-state index contributed by atoms with van der Waals surface area (Å²) in [5.41, 5.74) is 3.04. The number of fused-ring (bicyclic) bond motifs is 2. The van der Waals surface area contributed by atoms with E-state index in [1.807, 2.05) is 74.5 Å². The Balaban J connectivity index is 1.41. The molecule has 1 atom stereocenters. The summed E-state index contributed by atoms with van der Waals surface area (Å²) in [6.07, 6.45) is 3.79. The Bertz CT molecular complexity index is 1220. The highest BCUT2D eigenvalue weighted by Crippen LogP contribution is 2.55. The van der Waals surface area contributed by atoms with Gasteiger partial charge in [0.25, 0.3) is 0 Å². The van der Waals surface area contributed by atoms with Crippen molar-refractivity contribution < 1.29 is 23.2 Å². The number of hydrogen-bond acceptors (Lipinski definition) is 6. The number of para-hydroxylation sites is 4. The van der Waals surface area contributed by atoms with Crippen molar-refractivity contribution in [1.29, 1.82) is 0 Å². The average Bonchev–Trinajstić information content (AvgIpc) is 2.87. The van der Waals surface area contributed by atoms with Gasteiger partial charge in [0.1, 0.15) is 12.4 Å². The van der Waals surface area contributed by atoms with Gasteiger partial charge in [-0.1, -0.05) is 57.2 Å². The third-order valence-electron chi connectivity index (χ3n) is 6.91. The maximum absolute atomic E-state index is 12.9. The third-order valence-corrected chi connectivity index (χ3v) is 10.6. The SMILES string of the molecule is CC(C)OC(=O)C(Cc1ccc(OCCN2c3ccccc3Oc3ccccc32)cc1)OS(C)(C)C(C)(C)C. The first-order valence-corrected chi connectivity index (χ1v) is 15.8. The molecule has 4 rings (SSSR count). The van der Waals surface area contributed by atoms with E-state index in [9.17, 15) is 4.79 Å². The fraction of sp³-hybridized carbons (Fsp3) is 0.406. The first kappa shape index (κ1) is 28.8. The number of carbonyl (C=O) groups excluding carboxylic acids is 1. The van der Waals surface area contributed by atoms with E-state index in [4.69, 9.17) is 18.4 Å². The van der Waals surface area contributed by atoms with Crippen LogP contribution in [-0.2, 0) is 20.1 Å². The first-order chi connectivity index (χ1) is 18.4. The molecular formula is C32H41NO5S. The van der Waals surface area contributed by atoms with Crippen LogP contribution in [0.25, 0.3) is 0 Å². The summed E-state index contributed by atoms with van der Waals surface area (Å²) >= 11 is 0. The number of hydrogen-bond donors (Lipinski definition) is 0. The number of benzene rings is 3. The summed E-state index contributed by atoms with van der Waals surface area (Å²) in [6, 6.07) is 24.0. The Morgan fingerprint density at radius 1 is 0.897 bits per heavy atom. The van der Waals surface area contributed by atoms with Crippen LogP contribution in [0.5, 0.6) is 17.2 Å². The second-order valence-corrected chi connectivity index (χ2v) is 15.2. The van der Waals surface area contributed by atoms with E-state index in [0.717, 1.165) is 34.2 Å². The van der Waals surface area contributed by atoms with Crippen LogP contribution in [0, 0.1) is 0 Å². The number of nitrogens with zero attached hydrogens (tertiary/aromatic N) is 1. The molecule has 0 saturated heterocycles. The lowest BCUT2D eigenvalue weighted by Crippen LogP contribution is -2.36. The molecule has 3 aromatic carbocycles. The van der Waals surface area contributed by atoms with Crippen LogP contribution in [-0.4, -0.2) is 48.6 Å². The second-order valence-electron chi connectivity index (χ2n) is 11.3. The molecule has 39 heavy (non-hydrogen) atoms. The van der Waals surface area contributed by atoms with Crippen LogP contribution in [0.3, 0.4) is 0 Å². The standard InChI is InChI=1S/C32H41NO5S/c1-23(2)36-31(34)30(38-39(6,7)32(3,4)5)22-24-16-18-25(19-17-24)35-21-20-33-26-12-8-10-14-28(26)37-29-15-11-9-13-27(29)33/h8-19,23,30H,20-22H2,1-7H3. The molecule has 0 saturated carbocycles. The van der Waals surface area contributed by atoms with E-state index in [1.54, 1.807) is 0 Å². The Kier molecular flexibility index (Phi) is 8.82. The molecule has 0 aromatic heterocycles. The van der Waals surface area contributed by atoms with E-state index in [0.29, 0.717) is 19.6 Å². The van der Waals surface area contributed by atoms with Crippen molar-refractivity contribution in [2.75, 3.05) is 30.6 Å². The summed E-state index contributed by atoms with van der Waals surface area (Å²) in [5, 5.41) is 0. The fourth-order valence-corrected chi connectivity index (χ4v) is 5.13. The predicted molar refractivity (Wildman–Crippen MR) is 161 cm³/mol. The molecule has 0 bridgehead atoms. The lowest BCUT2D eigenvalue weighted by atomic mass is 10.1. The smallest absolute Gasteiger partial charge is 0.337 e. The number of esters is 1. The van der Waals surface area contributed by atoms with Gasteiger partial charge in [-0.25, -0.2) is 4.79 Å². The van der Waals surface area contributed by atoms with E-state index in [2.05, 4.69) is 50.3 Å². The molecule has 0 amide bonds. The molecular weight excluding hydrogens is 510 g/mol. The van der Waals surface area contributed by atoms with Gasteiger partial charge >= 0.3 is 5.97 Å². The van der Waals surface area contributed by atoms with Crippen LogP contribution in [0.4, 0.5) is 11.4 Å². The molecule has 1 unspecified atom stereocenters. The highest BCUT2D eigenvalue weighted by molar-refractivity contribution is 8.29. The van der Waals surface area contributed by atoms with E-state index >= 15 is 0 Å². The molecule has 0 radical (unpaired) electrons. The van der Waals surface area contributed by atoms with Gasteiger partial charge in [-0.15, -0.1) is 10.3 Å². The lowest BCUT2D eigenvalue weighted by molar-refractivity contribution is -0.155. The minimum absolute atomic E-state index is 0.0669. The molecule has 210 valence electrons. The summed E-state index contributed by atoms with van der Waals surface area (Å²) in [4.78, 5) is 15.2. The highest BCUT2D eigenvalue weighted by Gasteiger charge is 2.35. The molecule has 1 heterocycles.